The average molecular weight is 654 g/mol. The van der Waals surface area contributed by atoms with Gasteiger partial charge in [-0.3, -0.25) is 19.6 Å². The van der Waals surface area contributed by atoms with Crippen LogP contribution in [0.15, 0.2) is 41.6 Å². The zero-order chi connectivity index (χ0) is 33.3. The Hall–Kier alpha value is -3.63. The van der Waals surface area contributed by atoms with E-state index in [9.17, 15) is 27.6 Å². The number of hydrogen-bond donors (Lipinski definition) is 1. The van der Waals surface area contributed by atoms with Gasteiger partial charge in [0.05, 0.1) is 17.3 Å². The molecule has 0 unspecified atom stereocenters. The van der Waals surface area contributed by atoms with Gasteiger partial charge in [-0.1, -0.05) is 0 Å². The Labute approximate surface area is 261 Å². The number of esters is 2. The van der Waals surface area contributed by atoms with E-state index in [4.69, 9.17) is 14.2 Å². The average Bonchev–Trinajstić information content (AvgIpc) is 3.53. The molecule has 1 amide bonds. The van der Waals surface area contributed by atoms with Gasteiger partial charge in [-0.2, -0.15) is 5.10 Å². The van der Waals surface area contributed by atoms with Crippen molar-refractivity contribution in [3.63, 3.8) is 0 Å². The molecule has 2 heterocycles. The maximum absolute atomic E-state index is 14.3. The van der Waals surface area contributed by atoms with Gasteiger partial charge in [0.1, 0.15) is 16.0 Å². The third-order valence-corrected chi connectivity index (χ3v) is 9.92. The van der Waals surface area contributed by atoms with Crippen molar-refractivity contribution in [2.24, 2.45) is 12.5 Å². The molecule has 2 aromatic rings. The summed E-state index contributed by atoms with van der Waals surface area (Å²) in [6, 6.07) is 5.25. The molecule has 0 aliphatic carbocycles. The lowest BCUT2D eigenvalue weighted by atomic mass is 9.94. The molecule has 3 rings (SSSR count). The van der Waals surface area contributed by atoms with Crippen LogP contribution in [0.2, 0.25) is 0 Å². The number of aromatic nitrogens is 2. The smallest absolute Gasteiger partial charge is 0.414 e. The van der Waals surface area contributed by atoms with Crippen LogP contribution < -0.4 is 14.4 Å². The number of anilines is 1. The van der Waals surface area contributed by atoms with Gasteiger partial charge in [0.25, 0.3) is 10.0 Å². The van der Waals surface area contributed by atoms with Crippen LogP contribution in [0.25, 0.3) is 0 Å². The van der Waals surface area contributed by atoms with E-state index in [0.717, 1.165) is 13.1 Å². The van der Waals surface area contributed by atoms with Gasteiger partial charge in [0, 0.05) is 38.6 Å². The van der Waals surface area contributed by atoms with Crippen molar-refractivity contribution in [2.45, 2.75) is 62.9 Å². The number of carbonyl (C=O) groups excluding carboxylic acids is 4. The largest absolute Gasteiger partial charge is 0.427 e. The summed E-state index contributed by atoms with van der Waals surface area (Å²) in [6.45, 7) is 8.85. The van der Waals surface area contributed by atoms with Gasteiger partial charge in [0.2, 0.25) is 12.3 Å². The second-order valence-electron chi connectivity index (χ2n) is 12.3. The minimum atomic E-state index is -4.69. The van der Waals surface area contributed by atoms with Crippen LogP contribution in [-0.4, -0.2) is 90.0 Å². The number of carbonyl (C=O) groups is 4. The molecule has 1 aliphatic heterocycles. The molecule has 1 aromatic heterocycles. The van der Waals surface area contributed by atoms with Crippen molar-refractivity contribution < 1.29 is 41.8 Å². The number of nitrogens with zero attached hydrogens (tertiary/aromatic N) is 4. The number of Topliss-reactive ketones (excluding diaryl/α,β-unsaturated/α-hetero) is 1. The van der Waals surface area contributed by atoms with E-state index in [1.54, 1.807) is 20.8 Å². The summed E-state index contributed by atoms with van der Waals surface area (Å²) in [6.07, 6.45) is 1.64. The van der Waals surface area contributed by atoms with Gasteiger partial charge in [-0.05, 0) is 65.8 Å². The quantitative estimate of drug-likeness (QED) is 0.227. The molecular weight excluding hydrogens is 614 g/mol. The van der Waals surface area contributed by atoms with E-state index < -0.39 is 62.5 Å². The molecule has 14 nitrogen and oxygen atoms in total. The molecule has 1 aromatic carbocycles. The molecule has 1 fully saturated rings. The number of hydrogen-bond acceptors (Lipinski definition) is 12. The molecule has 1 aliphatic rings. The summed E-state index contributed by atoms with van der Waals surface area (Å²) < 4.78 is 46.2. The molecule has 242 valence electrons. The van der Waals surface area contributed by atoms with Crippen LogP contribution >= 0.6 is 11.8 Å². The first-order chi connectivity index (χ1) is 20.2. The number of amides is 1. The molecule has 44 heavy (non-hydrogen) atoms. The second-order valence-corrected chi connectivity index (χ2v) is 15.1. The van der Waals surface area contributed by atoms with Crippen molar-refractivity contribution in [1.29, 1.82) is 0 Å². The minimum absolute atomic E-state index is 0.0886. The van der Waals surface area contributed by atoms with Crippen LogP contribution in [0.1, 0.15) is 41.5 Å². The highest BCUT2D eigenvalue weighted by Crippen LogP contribution is 2.38. The zero-order valence-corrected chi connectivity index (χ0v) is 27.9. The molecule has 1 N–H and O–H groups in total. The number of ketones is 1. The van der Waals surface area contributed by atoms with Crippen LogP contribution in [0.5, 0.6) is 5.75 Å². The summed E-state index contributed by atoms with van der Waals surface area (Å²) in [7, 11) is -0.178. The summed E-state index contributed by atoms with van der Waals surface area (Å²) in [4.78, 5) is 53.6. The van der Waals surface area contributed by atoms with Gasteiger partial charge in [-0.15, -0.1) is 11.8 Å². The standard InChI is InChI=1S/C28H39N5O9S2/c1-26(2,3)23(35)40-17-41-24(36)28(6,21(34)22-30-27(4,5)16-43-22)33(44(38,39)20-14-29-32(9)15-20)18-10-12-19(13-11-18)42-25(37)31(7)8/h10-15,22,30H,16-17H2,1-9H3/t22-,28+/m0/s1. The van der Waals surface area contributed by atoms with Crippen molar-refractivity contribution in [3.8, 4) is 5.75 Å². The van der Waals surface area contributed by atoms with Crippen LogP contribution in [0.3, 0.4) is 0 Å². The van der Waals surface area contributed by atoms with Gasteiger partial charge in [0.15, 0.2) is 5.78 Å². The lowest BCUT2D eigenvalue weighted by Crippen LogP contribution is -2.65. The number of sulfonamides is 1. The fraction of sp³-hybridized carbons (Fsp3) is 0.536. The molecule has 16 heteroatoms. The number of nitrogens with one attached hydrogen (secondary N) is 1. The predicted octanol–water partition coefficient (Wildman–Crippen LogP) is 2.53. The Morgan fingerprint density at radius 3 is 2.14 bits per heavy atom. The number of ether oxygens (including phenoxy) is 3. The highest BCUT2D eigenvalue weighted by atomic mass is 32.2. The topological polar surface area (TPSA) is 166 Å². The predicted molar refractivity (Wildman–Crippen MR) is 162 cm³/mol. The first-order valence-electron chi connectivity index (χ1n) is 13.5. The Balaban J connectivity index is 2.17. The summed E-state index contributed by atoms with van der Waals surface area (Å²) in [5.74, 6) is -2.16. The van der Waals surface area contributed by atoms with E-state index in [-0.39, 0.29) is 16.3 Å². The maximum Gasteiger partial charge on any atom is 0.414 e. The fourth-order valence-electron chi connectivity index (χ4n) is 4.02. The van der Waals surface area contributed by atoms with Crippen molar-refractivity contribution in [1.82, 2.24) is 20.0 Å². The zero-order valence-electron chi connectivity index (χ0n) is 26.2. The highest BCUT2D eigenvalue weighted by molar-refractivity contribution is 8.01. The van der Waals surface area contributed by atoms with Crippen LogP contribution in [-0.2, 0) is 40.9 Å². The monoisotopic (exact) mass is 653 g/mol. The van der Waals surface area contributed by atoms with Crippen molar-refractivity contribution >= 4 is 51.3 Å². The van der Waals surface area contributed by atoms with E-state index in [1.165, 1.54) is 72.9 Å². The SMILES string of the molecule is CN(C)C(=O)Oc1ccc(N([C@@](C)(C(=O)OCOC(=O)C(C)(C)C)C(=O)[C@H]2NC(C)(C)CS2)S(=O)(=O)c2cnn(C)c2)cc1. The van der Waals surface area contributed by atoms with Crippen LogP contribution in [0, 0.1) is 5.41 Å². The van der Waals surface area contributed by atoms with E-state index in [2.05, 4.69) is 10.4 Å². The summed E-state index contributed by atoms with van der Waals surface area (Å²) >= 11 is 1.22. The molecule has 1 saturated heterocycles. The van der Waals surface area contributed by atoms with Crippen LogP contribution in [0.4, 0.5) is 10.5 Å². The van der Waals surface area contributed by atoms with E-state index in [1.807, 2.05) is 13.8 Å². The molecule has 0 radical (unpaired) electrons. The Kier molecular flexibility index (Phi) is 10.1. The first-order valence-corrected chi connectivity index (χ1v) is 16.0. The Morgan fingerprint density at radius 2 is 1.66 bits per heavy atom. The van der Waals surface area contributed by atoms with E-state index in [0.29, 0.717) is 10.1 Å². The van der Waals surface area contributed by atoms with Gasteiger partial charge < -0.3 is 19.1 Å². The molecular formula is C28H39N5O9S2. The van der Waals surface area contributed by atoms with Gasteiger partial charge >= 0.3 is 18.0 Å². The Bertz CT molecular complexity index is 1510. The third kappa shape index (κ3) is 7.53. The maximum atomic E-state index is 14.3. The number of thioether (sulfide) groups is 1. The lowest BCUT2D eigenvalue weighted by molar-refractivity contribution is -0.176. The fourth-order valence-corrected chi connectivity index (χ4v) is 7.19. The number of benzene rings is 1. The summed E-state index contributed by atoms with van der Waals surface area (Å²) in [5, 5.41) is 6.11. The minimum Gasteiger partial charge on any atom is -0.427 e. The molecule has 0 bridgehead atoms. The highest BCUT2D eigenvalue weighted by Gasteiger charge is 2.57. The molecule has 0 saturated carbocycles. The Morgan fingerprint density at radius 1 is 1.07 bits per heavy atom. The lowest BCUT2D eigenvalue weighted by Gasteiger charge is -2.39. The number of rotatable bonds is 10. The molecule has 2 atom stereocenters. The summed E-state index contributed by atoms with van der Waals surface area (Å²) in [5.41, 5.74) is -4.03. The molecule has 0 spiro atoms. The normalized spacial score (nSPS) is 17.7. The van der Waals surface area contributed by atoms with E-state index >= 15 is 0 Å². The second kappa shape index (κ2) is 12.8. The number of aryl methyl sites for hydroxylation is 1. The first kappa shape index (κ1) is 34.9. The van der Waals surface area contributed by atoms with Crippen molar-refractivity contribution in [2.75, 3.05) is 30.9 Å². The van der Waals surface area contributed by atoms with Gasteiger partial charge in [-0.25, -0.2) is 22.3 Å². The van der Waals surface area contributed by atoms with Crippen molar-refractivity contribution in [3.05, 3.63) is 36.7 Å². The third-order valence-electron chi connectivity index (χ3n) is 6.51.